The van der Waals surface area contributed by atoms with Crippen molar-refractivity contribution in [1.29, 1.82) is 0 Å². The van der Waals surface area contributed by atoms with E-state index in [0.717, 1.165) is 0 Å². The van der Waals surface area contributed by atoms with Gasteiger partial charge >= 0.3 is 0 Å². The molecule has 0 radical (unpaired) electrons. The molecule has 26 heavy (non-hydrogen) atoms. The Bertz CT molecular complexity index is 533. The standard InChI is InChI=1S/C20H28N2S2.2ClH/c1-15(21-3)19(17-11-7-5-8-12-17)23-24-20(16(2)22-4)18-13-9-6-10-14-18;;/h5-16,19-22H,1-4H3;2*1H/t15-,16-,19+,20+;;/m1../s1. The van der Waals surface area contributed by atoms with Gasteiger partial charge in [-0.05, 0) is 39.1 Å². The third-order valence-corrected chi connectivity index (χ3v) is 7.80. The number of nitrogens with one attached hydrogen (secondary N) is 2. The predicted molar refractivity (Wildman–Crippen MR) is 125 cm³/mol. The molecule has 6 heteroatoms. The largest absolute Gasteiger partial charge is 0.316 e. The summed E-state index contributed by atoms with van der Waals surface area (Å²) in [6.45, 7) is 4.51. The van der Waals surface area contributed by atoms with Crippen molar-refractivity contribution in [3.8, 4) is 0 Å². The average Bonchev–Trinajstić information content (AvgIpc) is 2.65. The zero-order valence-electron chi connectivity index (χ0n) is 15.7. The molecule has 2 aromatic rings. The molecule has 2 rings (SSSR count). The zero-order chi connectivity index (χ0) is 17.4. The molecule has 0 spiro atoms. The first-order chi connectivity index (χ1) is 11.7. The molecule has 0 amide bonds. The van der Waals surface area contributed by atoms with Crippen LogP contribution in [0.25, 0.3) is 0 Å². The molecule has 0 heterocycles. The van der Waals surface area contributed by atoms with Gasteiger partial charge in [0.15, 0.2) is 0 Å². The van der Waals surface area contributed by atoms with E-state index in [4.69, 9.17) is 0 Å². The molecule has 0 unspecified atom stereocenters. The second-order valence-electron chi connectivity index (χ2n) is 6.01. The highest BCUT2D eigenvalue weighted by atomic mass is 35.5. The van der Waals surface area contributed by atoms with E-state index in [1.54, 1.807) is 0 Å². The van der Waals surface area contributed by atoms with Crippen LogP contribution >= 0.6 is 46.4 Å². The van der Waals surface area contributed by atoms with Gasteiger partial charge in [-0.15, -0.1) is 24.8 Å². The molecule has 0 aliphatic carbocycles. The summed E-state index contributed by atoms with van der Waals surface area (Å²) >= 11 is 0. The maximum absolute atomic E-state index is 3.42. The van der Waals surface area contributed by atoms with E-state index in [1.807, 2.05) is 35.7 Å². The molecule has 2 aromatic carbocycles. The van der Waals surface area contributed by atoms with Crippen LogP contribution in [0.5, 0.6) is 0 Å². The lowest BCUT2D eigenvalue weighted by molar-refractivity contribution is 0.596. The second kappa shape index (κ2) is 13.8. The van der Waals surface area contributed by atoms with E-state index in [2.05, 4.69) is 85.1 Å². The van der Waals surface area contributed by atoms with Gasteiger partial charge in [-0.2, -0.15) is 0 Å². The molecule has 0 bridgehead atoms. The van der Waals surface area contributed by atoms with Crippen LogP contribution in [0.4, 0.5) is 0 Å². The van der Waals surface area contributed by atoms with E-state index in [0.29, 0.717) is 22.6 Å². The Balaban J connectivity index is 0.00000312. The molecule has 0 saturated carbocycles. The highest BCUT2D eigenvalue weighted by Gasteiger charge is 2.24. The average molecular weight is 434 g/mol. The molecule has 2 N–H and O–H groups in total. The summed E-state index contributed by atoms with van der Waals surface area (Å²) in [5.74, 6) is 0. The van der Waals surface area contributed by atoms with Crippen LogP contribution in [0.1, 0.15) is 35.5 Å². The third-order valence-electron chi connectivity index (χ3n) is 4.34. The normalized spacial score (nSPS) is 15.1. The topological polar surface area (TPSA) is 24.1 Å². The van der Waals surface area contributed by atoms with Crippen LogP contribution in [0.2, 0.25) is 0 Å². The minimum atomic E-state index is 0. The summed E-state index contributed by atoms with van der Waals surface area (Å²) in [7, 11) is 8.01. The minimum Gasteiger partial charge on any atom is -0.316 e. The highest BCUT2D eigenvalue weighted by molar-refractivity contribution is 8.76. The number of likely N-dealkylation sites (N-methyl/N-ethyl adjacent to an activating group) is 2. The summed E-state index contributed by atoms with van der Waals surface area (Å²) in [4.78, 5) is 0. The van der Waals surface area contributed by atoms with Crippen LogP contribution in [-0.2, 0) is 0 Å². The molecule has 0 aliphatic heterocycles. The van der Waals surface area contributed by atoms with Gasteiger partial charge in [0.05, 0.1) is 10.5 Å². The maximum atomic E-state index is 3.42. The molecule has 0 fully saturated rings. The first-order valence-corrected chi connectivity index (χ1v) is 10.7. The van der Waals surface area contributed by atoms with Crippen LogP contribution in [-0.4, -0.2) is 26.2 Å². The molecule has 2 nitrogen and oxygen atoms in total. The van der Waals surface area contributed by atoms with Crippen LogP contribution in [0.3, 0.4) is 0 Å². The van der Waals surface area contributed by atoms with Gasteiger partial charge in [0, 0.05) is 12.1 Å². The summed E-state index contributed by atoms with van der Waals surface area (Å²) < 4.78 is 0. The predicted octanol–water partition coefficient (Wildman–Crippen LogP) is 5.91. The van der Waals surface area contributed by atoms with Gasteiger partial charge in [0.1, 0.15) is 0 Å². The van der Waals surface area contributed by atoms with Crippen LogP contribution < -0.4 is 10.6 Å². The quantitative estimate of drug-likeness (QED) is 0.480. The van der Waals surface area contributed by atoms with Crippen molar-refractivity contribution in [3.63, 3.8) is 0 Å². The van der Waals surface area contributed by atoms with Gasteiger partial charge in [0.25, 0.3) is 0 Å². The Morgan fingerprint density at radius 3 is 1.19 bits per heavy atom. The first kappa shape index (κ1) is 25.6. The number of hydrogen-bond donors (Lipinski definition) is 2. The number of hydrogen-bond acceptors (Lipinski definition) is 4. The van der Waals surface area contributed by atoms with Crippen LogP contribution in [0, 0.1) is 0 Å². The van der Waals surface area contributed by atoms with Gasteiger partial charge in [0.2, 0.25) is 0 Å². The zero-order valence-corrected chi connectivity index (χ0v) is 19.0. The van der Waals surface area contributed by atoms with Crippen molar-refractivity contribution in [3.05, 3.63) is 71.8 Å². The van der Waals surface area contributed by atoms with Crippen molar-refractivity contribution >= 4 is 46.4 Å². The Labute approximate surface area is 178 Å². The summed E-state index contributed by atoms with van der Waals surface area (Å²) in [5.41, 5.74) is 2.75. The fourth-order valence-corrected chi connectivity index (χ4v) is 6.33. The van der Waals surface area contributed by atoms with E-state index in [1.165, 1.54) is 11.1 Å². The molecular weight excluding hydrogens is 403 g/mol. The molecule has 146 valence electrons. The molecule has 0 aromatic heterocycles. The summed E-state index contributed by atoms with van der Waals surface area (Å²) in [6, 6.07) is 22.4. The van der Waals surface area contributed by atoms with E-state index >= 15 is 0 Å². The Hall–Kier alpha value is -0.360. The Morgan fingerprint density at radius 2 is 0.923 bits per heavy atom. The van der Waals surface area contributed by atoms with Gasteiger partial charge in [-0.1, -0.05) is 82.3 Å². The number of halogens is 2. The van der Waals surface area contributed by atoms with Gasteiger partial charge < -0.3 is 10.6 Å². The first-order valence-electron chi connectivity index (χ1n) is 8.44. The van der Waals surface area contributed by atoms with E-state index in [9.17, 15) is 0 Å². The van der Waals surface area contributed by atoms with Gasteiger partial charge in [-0.25, -0.2) is 0 Å². The number of benzene rings is 2. The smallest absolute Gasteiger partial charge is 0.0551 e. The second-order valence-corrected chi connectivity index (χ2v) is 8.57. The van der Waals surface area contributed by atoms with Crippen molar-refractivity contribution in [2.75, 3.05) is 14.1 Å². The lowest BCUT2D eigenvalue weighted by atomic mass is 10.1. The van der Waals surface area contributed by atoms with Crippen LogP contribution in [0.15, 0.2) is 60.7 Å². The monoisotopic (exact) mass is 432 g/mol. The van der Waals surface area contributed by atoms with E-state index in [-0.39, 0.29) is 24.8 Å². The Kier molecular flexibility index (Phi) is 13.6. The SMILES string of the molecule is CN[C@H](C)[C@H](SS[C@H](c1ccccc1)[C@@H](C)NC)c1ccccc1.Cl.Cl. The van der Waals surface area contributed by atoms with Crippen molar-refractivity contribution in [2.45, 2.75) is 36.4 Å². The summed E-state index contributed by atoms with van der Waals surface area (Å²) in [5, 5.41) is 7.67. The lowest BCUT2D eigenvalue weighted by Gasteiger charge is -2.28. The van der Waals surface area contributed by atoms with Crippen molar-refractivity contribution in [2.24, 2.45) is 0 Å². The Morgan fingerprint density at radius 1 is 0.615 bits per heavy atom. The fraction of sp³-hybridized carbons (Fsp3) is 0.400. The molecular formula is C20H30Cl2N2S2. The minimum absolute atomic E-state index is 0. The highest BCUT2D eigenvalue weighted by Crippen LogP contribution is 2.48. The molecule has 0 saturated heterocycles. The lowest BCUT2D eigenvalue weighted by Crippen LogP contribution is -2.28. The third kappa shape index (κ3) is 7.34. The fourth-order valence-electron chi connectivity index (χ4n) is 2.56. The summed E-state index contributed by atoms with van der Waals surface area (Å²) in [6.07, 6.45) is 0. The molecule has 4 atom stereocenters. The molecule has 0 aliphatic rings. The van der Waals surface area contributed by atoms with E-state index < -0.39 is 0 Å². The van der Waals surface area contributed by atoms with Gasteiger partial charge in [-0.3, -0.25) is 0 Å². The van der Waals surface area contributed by atoms with Crippen molar-refractivity contribution < 1.29 is 0 Å². The number of rotatable bonds is 9. The maximum Gasteiger partial charge on any atom is 0.0551 e. The van der Waals surface area contributed by atoms with Crippen molar-refractivity contribution in [1.82, 2.24) is 10.6 Å².